The smallest absolute Gasteiger partial charge is 0.254 e. The number of amides is 4. The van der Waals surface area contributed by atoms with Crippen molar-refractivity contribution in [3.05, 3.63) is 87.4 Å². The number of carbonyl (C=O) groups excluding carboxylic acids is 4. The molecule has 7 rings (SSSR count). The molecule has 14 heteroatoms. The average molecular weight is 875 g/mol. The number of nitrogens with zero attached hydrogens (tertiary/aromatic N) is 2. The van der Waals surface area contributed by atoms with Crippen molar-refractivity contribution >= 4 is 96.5 Å². The van der Waals surface area contributed by atoms with Gasteiger partial charge in [0.05, 0.1) is 44.3 Å². The molecule has 0 aromatic heterocycles. The number of alkyl halides is 3. The third-order valence-electron chi connectivity index (χ3n) is 10.7. The molecule has 4 amide bonds. The molecule has 10 nitrogen and oxygen atoms in total. The van der Waals surface area contributed by atoms with Crippen LogP contribution in [-0.2, 0) is 19.2 Å². The zero-order chi connectivity index (χ0) is 37.3. The number of likely N-dealkylation sites (tertiary alicyclic amines) is 1. The third kappa shape index (κ3) is 5.31. The first kappa shape index (κ1) is 36.5. The molecular weight excluding hydrogens is 843 g/mol. The zero-order valence-electron chi connectivity index (χ0n) is 28.1. The Morgan fingerprint density at radius 3 is 2.25 bits per heavy atom. The number of phenols is 1. The van der Waals surface area contributed by atoms with Gasteiger partial charge in [0.1, 0.15) is 11.5 Å². The van der Waals surface area contributed by atoms with Crippen LogP contribution in [0.25, 0.3) is 12.2 Å². The molecule has 0 spiro atoms. The molecule has 4 aliphatic rings. The summed E-state index contributed by atoms with van der Waals surface area (Å²) in [6.07, 6.45) is 5.58. The van der Waals surface area contributed by atoms with Crippen LogP contribution < -0.4 is 19.1 Å². The van der Waals surface area contributed by atoms with Gasteiger partial charge in [0.15, 0.2) is 21.2 Å². The highest BCUT2D eigenvalue weighted by Crippen LogP contribution is 2.66. The average Bonchev–Trinajstić information content (AvgIpc) is 3.48. The van der Waals surface area contributed by atoms with Crippen LogP contribution in [-0.4, -0.2) is 70.2 Å². The number of anilines is 1. The Bertz CT molecular complexity index is 2090. The Morgan fingerprint density at radius 1 is 0.885 bits per heavy atom. The molecular formula is C38H32Br2Cl2N2O8. The minimum Gasteiger partial charge on any atom is -0.504 e. The topological polar surface area (TPSA) is 123 Å². The molecule has 0 radical (unpaired) electrons. The van der Waals surface area contributed by atoms with Gasteiger partial charge in [0.2, 0.25) is 11.8 Å². The maximum absolute atomic E-state index is 14.5. The van der Waals surface area contributed by atoms with E-state index in [4.69, 9.17) is 37.4 Å². The van der Waals surface area contributed by atoms with E-state index in [1.54, 1.807) is 50.6 Å². The van der Waals surface area contributed by atoms with E-state index in [0.29, 0.717) is 27.2 Å². The van der Waals surface area contributed by atoms with Crippen molar-refractivity contribution in [2.75, 3.05) is 31.7 Å². The number of imide groups is 2. The van der Waals surface area contributed by atoms with Gasteiger partial charge in [-0.1, -0.05) is 67.8 Å². The SMILES string of the molecule is COc1ccc(OC)c(C=Cc2ccc(N3C(=O)[C@H]4[C@H](CC=C5[C@H]4C[C@@]4(Cl)C(=O)N(CBr)C(=O)[C@@]4(Cl)[C@H]5c4cc(Br)cc(OC)c4O)C3=O)cc2)c1. The van der Waals surface area contributed by atoms with E-state index in [1.807, 2.05) is 36.4 Å². The standard InChI is InChI=1S/C38H32Br2Cl2N2O8/c1-50-23-10-13-28(51-2)20(14-23)7-4-19-5-8-22(9-6-19)44-33(46)25-12-11-24-27(30(25)34(44)47)17-37(41)35(48)43(18-39)36(49)38(37,42)31(24)26-15-21(40)16-29(52-3)32(26)45/h4-11,13-16,25,27,30-31,45H,12,17-18H2,1-3H3/t25-,27+,30-,31+,37+,38-/m0/s1. The number of hydrogen-bond acceptors (Lipinski definition) is 8. The van der Waals surface area contributed by atoms with Gasteiger partial charge < -0.3 is 19.3 Å². The predicted octanol–water partition coefficient (Wildman–Crippen LogP) is 7.27. The molecule has 2 heterocycles. The summed E-state index contributed by atoms with van der Waals surface area (Å²) < 4.78 is 16.7. The van der Waals surface area contributed by atoms with Crippen LogP contribution in [0.4, 0.5) is 5.69 Å². The summed E-state index contributed by atoms with van der Waals surface area (Å²) in [5.41, 5.74) is 2.61. The minimum atomic E-state index is -2.07. The van der Waals surface area contributed by atoms with Gasteiger partial charge in [0.25, 0.3) is 11.8 Å². The largest absolute Gasteiger partial charge is 0.504 e. The van der Waals surface area contributed by atoms with Crippen LogP contribution in [0.5, 0.6) is 23.0 Å². The Labute approximate surface area is 326 Å². The fourth-order valence-corrected chi connectivity index (χ4v) is 10.1. The molecule has 1 N–H and O–H groups in total. The van der Waals surface area contributed by atoms with Crippen LogP contribution in [0.2, 0.25) is 0 Å². The Morgan fingerprint density at radius 2 is 1.60 bits per heavy atom. The lowest BCUT2D eigenvalue weighted by Crippen LogP contribution is -2.60. The molecule has 6 atom stereocenters. The van der Waals surface area contributed by atoms with Gasteiger partial charge in [0, 0.05) is 21.5 Å². The zero-order valence-corrected chi connectivity index (χ0v) is 32.8. The molecule has 0 bridgehead atoms. The summed E-state index contributed by atoms with van der Waals surface area (Å²) in [6, 6.07) is 15.7. The molecule has 3 aromatic rings. The van der Waals surface area contributed by atoms with E-state index in [0.717, 1.165) is 16.0 Å². The highest BCUT2D eigenvalue weighted by Gasteiger charge is 2.76. The van der Waals surface area contributed by atoms with Crippen molar-refractivity contribution in [1.29, 1.82) is 0 Å². The van der Waals surface area contributed by atoms with Crippen LogP contribution in [0, 0.1) is 17.8 Å². The normalized spacial score (nSPS) is 28.2. The van der Waals surface area contributed by atoms with Crippen molar-refractivity contribution in [3.8, 4) is 23.0 Å². The van der Waals surface area contributed by atoms with Crippen LogP contribution in [0.1, 0.15) is 35.4 Å². The number of carbonyl (C=O) groups is 4. The summed E-state index contributed by atoms with van der Waals surface area (Å²) in [5.74, 6) is -4.64. The Balaban J connectivity index is 1.26. The molecule has 1 saturated carbocycles. The van der Waals surface area contributed by atoms with Crippen LogP contribution >= 0.6 is 55.1 Å². The van der Waals surface area contributed by atoms with Crippen molar-refractivity contribution in [3.63, 3.8) is 0 Å². The second-order valence-corrected chi connectivity index (χ2v) is 15.7. The highest BCUT2D eigenvalue weighted by molar-refractivity contribution is 9.10. The summed E-state index contributed by atoms with van der Waals surface area (Å²) in [7, 11) is 4.56. The lowest BCUT2D eigenvalue weighted by Gasteiger charge is -2.50. The van der Waals surface area contributed by atoms with E-state index >= 15 is 0 Å². The maximum atomic E-state index is 14.5. The summed E-state index contributed by atoms with van der Waals surface area (Å²) >= 11 is 21.3. The summed E-state index contributed by atoms with van der Waals surface area (Å²) in [4.78, 5) is 54.6. The van der Waals surface area contributed by atoms with Crippen molar-refractivity contribution in [2.45, 2.75) is 28.5 Å². The van der Waals surface area contributed by atoms with Gasteiger partial charge in [-0.2, -0.15) is 0 Å². The van der Waals surface area contributed by atoms with E-state index < -0.39 is 51.1 Å². The van der Waals surface area contributed by atoms with Crippen molar-refractivity contribution < 1.29 is 38.5 Å². The first-order chi connectivity index (χ1) is 24.8. The maximum Gasteiger partial charge on any atom is 0.254 e. The number of aromatic hydroxyl groups is 1. The van der Waals surface area contributed by atoms with Gasteiger partial charge >= 0.3 is 0 Å². The number of allylic oxidation sites excluding steroid dienone is 2. The second kappa shape index (κ2) is 13.5. The third-order valence-corrected chi connectivity index (χ3v) is 13.0. The number of fused-ring (bicyclic) bond motifs is 4. The predicted molar refractivity (Wildman–Crippen MR) is 203 cm³/mol. The molecule has 0 unspecified atom stereocenters. The van der Waals surface area contributed by atoms with E-state index in [-0.39, 0.29) is 41.3 Å². The summed E-state index contributed by atoms with van der Waals surface area (Å²) in [5, 5.41) is 11.5. The highest BCUT2D eigenvalue weighted by atomic mass is 79.9. The van der Waals surface area contributed by atoms with Crippen molar-refractivity contribution in [1.82, 2.24) is 4.90 Å². The van der Waals surface area contributed by atoms with Crippen LogP contribution in [0.3, 0.4) is 0 Å². The molecule has 2 aliphatic heterocycles. The van der Waals surface area contributed by atoms with Crippen LogP contribution in [0.15, 0.2) is 70.7 Å². The molecule has 2 saturated heterocycles. The molecule has 3 aromatic carbocycles. The first-order valence-corrected chi connectivity index (χ1v) is 19.0. The number of ether oxygens (including phenoxy) is 3. The number of benzene rings is 3. The van der Waals surface area contributed by atoms with Gasteiger partial charge in [-0.05, 0) is 66.8 Å². The number of rotatable bonds is 8. The monoisotopic (exact) mass is 872 g/mol. The fourth-order valence-electron chi connectivity index (χ4n) is 8.21. The van der Waals surface area contributed by atoms with E-state index in [1.165, 1.54) is 12.0 Å². The lowest BCUT2D eigenvalue weighted by atomic mass is 9.56. The second-order valence-electron chi connectivity index (χ2n) is 13.1. The number of phenolic OH excluding ortho intramolecular Hbond substituents is 1. The van der Waals surface area contributed by atoms with Gasteiger partial charge in [-0.25, -0.2) is 0 Å². The van der Waals surface area contributed by atoms with E-state index in [9.17, 15) is 24.3 Å². The lowest BCUT2D eigenvalue weighted by molar-refractivity contribution is -0.138. The fraction of sp³-hybridized carbons (Fsp3) is 0.316. The number of halogens is 4. The number of methoxy groups -OCH3 is 3. The summed E-state index contributed by atoms with van der Waals surface area (Å²) in [6.45, 7) is 0. The quantitative estimate of drug-likeness (QED) is 0.0826. The Kier molecular flexibility index (Phi) is 9.51. The minimum absolute atomic E-state index is 0.106. The van der Waals surface area contributed by atoms with E-state index in [2.05, 4.69) is 31.9 Å². The first-order valence-electron chi connectivity index (χ1n) is 16.3. The van der Waals surface area contributed by atoms with Gasteiger partial charge in [-0.3, -0.25) is 29.0 Å². The molecule has 270 valence electrons. The molecule has 2 aliphatic carbocycles. The van der Waals surface area contributed by atoms with Gasteiger partial charge in [-0.15, -0.1) is 23.2 Å². The number of hydrogen-bond donors (Lipinski definition) is 1. The Hall–Kier alpha value is -3.84. The molecule has 3 fully saturated rings. The van der Waals surface area contributed by atoms with Crippen molar-refractivity contribution in [2.24, 2.45) is 17.8 Å². The molecule has 52 heavy (non-hydrogen) atoms.